The fourth-order valence-electron chi connectivity index (χ4n) is 5.35. The van der Waals surface area contributed by atoms with Crippen molar-refractivity contribution in [1.29, 1.82) is 0 Å². The number of thiazole rings is 1. The zero-order chi connectivity index (χ0) is 24.9. The summed E-state index contributed by atoms with van der Waals surface area (Å²) in [5, 5.41) is 10.4. The summed E-state index contributed by atoms with van der Waals surface area (Å²) in [4.78, 5) is 33.8. The highest BCUT2D eigenvalue weighted by molar-refractivity contribution is 7.09. The molecule has 1 aliphatic carbocycles. The first-order chi connectivity index (χ1) is 16.0. The zero-order valence-corrected chi connectivity index (χ0v) is 20.8. The highest BCUT2D eigenvalue weighted by atomic mass is 32.1. The van der Waals surface area contributed by atoms with Gasteiger partial charge in [-0.1, -0.05) is 19.3 Å². The third kappa shape index (κ3) is 6.69. The number of piperazine rings is 1. The van der Waals surface area contributed by atoms with Gasteiger partial charge in [0.2, 0.25) is 5.91 Å². The van der Waals surface area contributed by atoms with E-state index in [1.807, 2.05) is 11.9 Å². The summed E-state index contributed by atoms with van der Waals surface area (Å²) >= 11 is 1.71. The minimum absolute atomic E-state index is 0.312. The Hall–Kier alpha value is -1.72. The van der Waals surface area contributed by atoms with E-state index in [0.717, 1.165) is 62.2 Å². The SMILES string of the molecule is Cc1nc(CN2CCN(C)C(=O)C23CCN(CC2CCCCC2)CC3)cs1.O=C(O)C(F)(F)F. The predicted octanol–water partition coefficient (Wildman–Crippen LogP) is 3.77. The van der Waals surface area contributed by atoms with E-state index < -0.39 is 12.1 Å². The summed E-state index contributed by atoms with van der Waals surface area (Å²) in [6.45, 7) is 8.02. The molecule has 1 aromatic heterocycles. The van der Waals surface area contributed by atoms with E-state index >= 15 is 0 Å². The molecule has 0 bridgehead atoms. The molecular weight excluding hydrogens is 469 g/mol. The molecule has 0 aromatic carbocycles. The van der Waals surface area contributed by atoms with Gasteiger partial charge in [-0.25, -0.2) is 9.78 Å². The van der Waals surface area contributed by atoms with Crippen molar-refractivity contribution in [1.82, 2.24) is 19.7 Å². The molecule has 2 aliphatic heterocycles. The molecule has 2 saturated heterocycles. The van der Waals surface area contributed by atoms with Crippen LogP contribution in [-0.4, -0.2) is 88.2 Å². The van der Waals surface area contributed by atoms with Crippen LogP contribution in [0.15, 0.2) is 5.38 Å². The summed E-state index contributed by atoms with van der Waals surface area (Å²) in [6.07, 6.45) is 3.89. The molecule has 1 amide bonds. The number of piperidine rings is 1. The maximum Gasteiger partial charge on any atom is 0.490 e. The Morgan fingerprint density at radius 2 is 1.79 bits per heavy atom. The minimum Gasteiger partial charge on any atom is -0.475 e. The number of likely N-dealkylation sites (N-methyl/N-ethyl adjacent to an activating group) is 1. The number of hydrogen-bond donors (Lipinski definition) is 1. The van der Waals surface area contributed by atoms with Crippen LogP contribution in [0.4, 0.5) is 13.2 Å². The molecule has 1 spiro atoms. The van der Waals surface area contributed by atoms with Crippen LogP contribution in [0.1, 0.15) is 55.6 Å². The summed E-state index contributed by atoms with van der Waals surface area (Å²) in [7, 11) is 1.98. The molecule has 34 heavy (non-hydrogen) atoms. The van der Waals surface area contributed by atoms with Crippen molar-refractivity contribution in [3.63, 3.8) is 0 Å². The molecule has 1 saturated carbocycles. The lowest BCUT2D eigenvalue weighted by Crippen LogP contribution is -2.67. The Labute approximate surface area is 202 Å². The first-order valence-electron chi connectivity index (χ1n) is 12.0. The highest BCUT2D eigenvalue weighted by Crippen LogP contribution is 2.36. The van der Waals surface area contributed by atoms with Crippen molar-refractivity contribution in [2.75, 3.05) is 39.8 Å². The molecule has 0 atom stereocenters. The molecule has 3 heterocycles. The minimum atomic E-state index is -5.08. The molecule has 192 valence electrons. The van der Waals surface area contributed by atoms with Gasteiger partial charge in [0, 0.05) is 51.7 Å². The molecule has 3 aliphatic rings. The van der Waals surface area contributed by atoms with E-state index in [1.54, 1.807) is 11.3 Å². The number of halogens is 3. The topological polar surface area (TPSA) is 77.0 Å². The number of carbonyl (C=O) groups is 2. The standard InChI is InChI=1S/C21H34N4OS.C2HF3O2/c1-17-22-19(16-27-17)15-25-13-12-23(2)20(26)21(25)8-10-24(11-9-21)14-18-6-4-3-5-7-18;3-2(4,5)1(6)7/h16,18H,3-15H2,1-2H3;(H,6,7). The lowest BCUT2D eigenvalue weighted by Gasteiger charge is -2.52. The van der Waals surface area contributed by atoms with Gasteiger partial charge in [0.15, 0.2) is 0 Å². The summed E-state index contributed by atoms with van der Waals surface area (Å²) in [5.41, 5.74) is 0.812. The number of aromatic nitrogens is 1. The van der Waals surface area contributed by atoms with Crippen molar-refractivity contribution in [3.05, 3.63) is 16.1 Å². The molecule has 1 aromatic rings. The van der Waals surface area contributed by atoms with E-state index in [2.05, 4.69) is 27.1 Å². The number of amides is 1. The number of aryl methyl sites for hydroxylation is 1. The molecular formula is C23H35F3N4O3S. The quantitative estimate of drug-likeness (QED) is 0.673. The fourth-order valence-corrected chi connectivity index (χ4v) is 5.96. The van der Waals surface area contributed by atoms with E-state index in [4.69, 9.17) is 9.90 Å². The lowest BCUT2D eigenvalue weighted by molar-refractivity contribution is -0.192. The number of hydrogen-bond acceptors (Lipinski definition) is 6. The van der Waals surface area contributed by atoms with Crippen LogP contribution < -0.4 is 0 Å². The third-order valence-electron chi connectivity index (χ3n) is 7.24. The van der Waals surface area contributed by atoms with Crippen LogP contribution in [0.5, 0.6) is 0 Å². The molecule has 11 heteroatoms. The maximum atomic E-state index is 13.3. The molecule has 1 N–H and O–H groups in total. The summed E-state index contributed by atoms with van der Waals surface area (Å²) < 4.78 is 31.7. The van der Waals surface area contributed by atoms with Crippen LogP contribution in [0.3, 0.4) is 0 Å². The van der Waals surface area contributed by atoms with Gasteiger partial charge in [-0.15, -0.1) is 11.3 Å². The van der Waals surface area contributed by atoms with Crippen molar-refractivity contribution in [3.8, 4) is 0 Å². The van der Waals surface area contributed by atoms with E-state index in [0.29, 0.717) is 5.91 Å². The summed E-state index contributed by atoms with van der Waals surface area (Å²) in [6, 6.07) is 0. The van der Waals surface area contributed by atoms with Gasteiger partial charge in [0.1, 0.15) is 5.54 Å². The predicted molar refractivity (Wildman–Crippen MR) is 124 cm³/mol. The molecule has 4 rings (SSSR count). The van der Waals surface area contributed by atoms with Gasteiger partial charge in [-0.3, -0.25) is 9.69 Å². The monoisotopic (exact) mass is 504 g/mol. The van der Waals surface area contributed by atoms with Crippen LogP contribution in [0.2, 0.25) is 0 Å². The average Bonchev–Trinajstić information content (AvgIpc) is 3.21. The van der Waals surface area contributed by atoms with Gasteiger partial charge in [0.25, 0.3) is 0 Å². The largest absolute Gasteiger partial charge is 0.490 e. The number of alkyl halides is 3. The highest BCUT2D eigenvalue weighted by Gasteiger charge is 2.50. The second-order valence-electron chi connectivity index (χ2n) is 9.65. The smallest absolute Gasteiger partial charge is 0.475 e. The zero-order valence-electron chi connectivity index (χ0n) is 19.9. The Morgan fingerprint density at radius 3 is 2.32 bits per heavy atom. The van der Waals surface area contributed by atoms with Crippen LogP contribution in [-0.2, 0) is 16.1 Å². The van der Waals surface area contributed by atoms with E-state index in [9.17, 15) is 18.0 Å². The molecule has 3 fully saturated rings. The van der Waals surface area contributed by atoms with Crippen molar-refractivity contribution < 1.29 is 27.9 Å². The van der Waals surface area contributed by atoms with Crippen LogP contribution in [0, 0.1) is 12.8 Å². The van der Waals surface area contributed by atoms with Gasteiger partial charge in [0.05, 0.1) is 10.7 Å². The van der Waals surface area contributed by atoms with Gasteiger partial charge >= 0.3 is 12.1 Å². The number of likely N-dealkylation sites (tertiary alicyclic amines) is 1. The maximum absolute atomic E-state index is 13.3. The number of carbonyl (C=O) groups excluding carboxylic acids is 1. The second-order valence-corrected chi connectivity index (χ2v) is 10.7. The van der Waals surface area contributed by atoms with E-state index in [-0.39, 0.29) is 5.54 Å². The normalized spacial score (nSPS) is 22.5. The van der Waals surface area contributed by atoms with Crippen molar-refractivity contribution >= 4 is 23.2 Å². The first kappa shape index (κ1) is 26.9. The Kier molecular flexibility index (Phi) is 8.97. The Balaban J connectivity index is 0.000000406. The number of carboxylic acid groups (broad SMARTS) is 1. The Morgan fingerprint density at radius 1 is 1.18 bits per heavy atom. The molecule has 0 unspecified atom stereocenters. The first-order valence-corrected chi connectivity index (χ1v) is 12.8. The molecule has 0 radical (unpaired) electrons. The second kappa shape index (κ2) is 11.3. The van der Waals surface area contributed by atoms with Gasteiger partial charge in [-0.2, -0.15) is 13.2 Å². The van der Waals surface area contributed by atoms with Crippen LogP contribution >= 0.6 is 11.3 Å². The number of carboxylic acids is 1. The average molecular weight is 505 g/mol. The van der Waals surface area contributed by atoms with E-state index in [1.165, 1.54) is 38.6 Å². The van der Waals surface area contributed by atoms with Gasteiger partial charge < -0.3 is 14.9 Å². The number of aliphatic carboxylic acids is 1. The lowest BCUT2D eigenvalue weighted by atomic mass is 9.81. The fraction of sp³-hybridized carbons (Fsp3) is 0.783. The summed E-state index contributed by atoms with van der Waals surface area (Å²) in [5.74, 6) is -1.54. The van der Waals surface area contributed by atoms with Crippen molar-refractivity contribution in [2.45, 2.75) is 70.1 Å². The number of nitrogens with zero attached hydrogens (tertiary/aromatic N) is 4. The van der Waals surface area contributed by atoms with Crippen LogP contribution in [0.25, 0.3) is 0 Å². The molecule has 7 nitrogen and oxygen atoms in total. The van der Waals surface area contributed by atoms with Gasteiger partial charge in [-0.05, 0) is 38.5 Å². The Bertz CT molecular complexity index is 834. The number of rotatable bonds is 4. The van der Waals surface area contributed by atoms with Crippen molar-refractivity contribution in [2.24, 2.45) is 5.92 Å². The third-order valence-corrected chi connectivity index (χ3v) is 8.06.